The second-order valence-corrected chi connectivity index (χ2v) is 9.61. The number of likely N-dealkylation sites (tertiary alicyclic amines) is 1. The minimum absolute atomic E-state index is 0.0446. The Bertz CT molecular complexity index is 1140. The third kappa shape index (κ3) is 9.76. The van der Waals surface area contributed by atoms with E-state index in [0.29, 0.717) is 6.42 Å². The summed E-state index contributed by atoms with van der Waals surface area (Å²) in [5, 5.41) is 7.58. The first kappa shape index (κ1) is 29.2. The number of alkyl carbamates (subject to hydrolysis) is 2. The lowest BCUT2D eigenvalue weighted by atomic mass is 10.0. The molecule has 2 atom stereocenters. The smallest absolute Gasteiger partial charge is 0.408 e. The van der Waals surface area contributed by atoms with Crippen LogP contribution in [0, 0.1) is 5.92 Å². The maximum Gasteiger partial charge on any atom is 0.408 e. The van der Waals surface area contributed by atoms with Crippen molar-refractivity contribution in [1.82, 2.24) is 20.9 Å². The molecule has 1 unspecified atom stereocenters. The van der Waals surface area contributed by atoms with Crippen molar-refractivity contribution in [3.05, 3.63) is 71.8 Å². The highest BCUT2D eigenvalue weighted by molar-refractivity contribution is 5.97. The van der Waals surface area contributed by atoms with Gasteiger partial charge in [0.25, 0.3) is 0 Å². The summed E-state index contributed by atoms with van der Waals surface area (Å²) < 4.78 is 10.3. The molecule has 1 fully saturated rings. The summed E-state index contributed by atoms with van der Waals surface area (Å²) in [5.41, 5.74) is 1.61. The van der Waals surface area contributed by atoms with Gasteiger partial charge in [-0.05, 0) is 23.5 Å². The Labute approximate surface area is 227 Å². The molecule has 0 bridgehead atoms. The number of nitrogens with one attached hydrogen (secondary N) is 3. The first-order chi connectivity index (χ1) is 18.7. The predicted octanol–water partition coefficient (Wildman–Crippen LogP) is 2.15. The number of carbonyl (C=O) groups is 5. The maximum absolute atomic E-state index is 13.0. The van der Waals surface area contributed by atoms with Gasteiger partial charge in [0.2, 0.25) is 11.8 Å². The molecule has 11 nitrogen and oxygen atoms in total. The summed E-state index contributed by atoms with van der Waals surface area (Å²) in [6.45, 7) is 3.30. The average Bonchev–Trinajstić information content (AvgIpc) is 3.29. The van der Waals surface area contributed by atoms with Crippen LogP contribution in [0.25, 0.3) is 0 Å². The number of nitrogens with zero attached hydrogens (tertiary/aromatic N) is 1. The van der Waals surface area contributed by atoms with Gasteiger partial charge in [-0.3, -0.25) is 14.4 Å². The first-order valence-electron chi connectivity index (χ1n) is 12.7. The van der Waals surface area contributed by atoms with Crippen molar-refractivity contribution in [3.8, 4) is 0 Å². The van der Waals surface area contributed by atoms with E-state index in [-0.39, 0.29) is 44.5 Å². The maximum atomic E-state index is 13.0. The number of hydrogen-bond donors (Lipinski definition) is 3. The van der Waals surface area contributed by atoms with Gasteiger partial charge in [0, 0.05) is 6.54 Å². The van der Waals surface area contributed by atoms with Crippen molar-refractivity contribution in [2.45, 2.75) is 45.6 Å². The number of carbonyl (C=O) groups excluding carboxylic acids is 5. The van der Waals surface area contributed by atoms with Crippen LogP contribution in [0.1, 0.15) is 31.4 Å². The lowest BCUT2D eigenvalue weighted by Crippen LogP contribution is -2.52. The van der Waals surface area contributed by atoms with E-state index in [1.165, 1.54) is 4.90 Å². The van der Waals surface area contributed by atoms with Crippen molar-refractivity contribution in [1.29, 1.82) is 0 Å². The molecular weight excluding hydrogens is 504 g/mol. The van der Waals surface area contributed by atoms with Crippen LogP contribution in [-0.4, -0.2) is 66.4 Å². The molecule has 2 aromatic rings. The Hall–Kier alpha value is -4.41. The van der Waals surface area contributed by atoms with Crippen LogP contribution in [0.5, 0.6) is 0 Å². The highest BCUT2D eigenvalue weighted by atomic mass is 16.6. The molecule has 1 aliphatic rings. The quantitative estimate of drug-likeness (QED) is 0.398. The summed E-state index contributed by atoms with van der Waals surface area (Å²) >= 11 is 0. The summed E-state index contributed by atoms with van der Waals surface area (Å²) in [7, 11) is 0. The van der Waals surface area contributed by atoms with Crippen molar-refractivity contribution >= 4 is 29.8 Å². The molecular formula is C28H34N4O7. The highest BCUT2D eigenvalue weighted by Crippen LogP contribution is 2.10. The van der Waals surface area contributed by atoms with Crippen LogP contribution in [0.4, 0.5) is 9.59 Å². The second kappa shape index (κ2) is 14.5. The topological polar surface area (TPSA) is 143 Å². The van der Waals surface area contributed by atoms with E-state index in [2.05, 4.69) is 16.0 Å². The van der Waals surface area contributed by atoms with Gasteiger partial charge >= 0.3 is 12.2 Å². The molecule has 2 aromatic carbocycles. The number of ketones is 1. The molecule has 3 N–H and O–H groups in total. The second-order valence-electron chi connectivity index (χ2n) is 9.61. The van der Waals surface area contributed by atoms with E-state index >= 15 is 0 Å². The van der Waals surface area contributed by atoms with Crippen LogP contribution in [0.2, 0.25) is 0 Å². The average molecular weight is 539 g/mol. The van der Waals surface area contributed by atoms with Gasteiger partial charge in [-0.1, -0.05) is 74.5 Å². The molecule has 1 aliphatic heterocycles. The number of hydrogen-bond acceptors (Lipinski definition) is 7. The number of ether oxygens (including phenoxy) is 2. The van der Waals surface area contributed by atoms with Crippen molar-refractivity contribution in [2.75, 3.05) is 19.6 Å². The van der Waals surface area contributed by atoms with Crippen molar-refractivity contribution < 1.29 is 33.4 Å². The Morgan fingerprint density at radius 1 is 0.897 bits per heavy atom. The van der Waals surface area contributed by atoms with Crippen LogP contribution >= 0.6 is 0 Å². The fourth-order valence-corrected chi connectivity index (χ4v) is 3.92. The molecule has 0 aliphatic carbocycles. The summed E-state index contributed by atoms with van der Waals surface area (Å²) in [6.07, 6.45) is -1.19. The third-order valence-electron chi connectivity index (χ3n) is 5.93. The van der Waals surface area contributed by atoms with Gasteiger partial charge < -0.3 is 30.3 Å². The van der Waals surface area contributed by atoms with Crippen LogP contribution < -0.4 is 16.0 Å². The van der Waals surface area contributed by atoms with Gasteiger partial charge in [-0.15, -0.1) is 0 Å². The number of amides is 4. The Kier molecular flexibility index (Phi) is 10.8. The summed E-state index contributed by atoms with van der Waals surface area (Å²) in [6, 6.07) is 16.4. The molecule has 3 rings (SSSR count). The standard InChI is InChI=1S/C28H34N4O7/c1-19(2)13-22(31-28(37)39-18-21-11-7-4-8-12-21)26(35)30-23-15-32(16-24(23)33)25(34)14-29-27(36)38-17-20-9-5-3-6-10-20/h3-12,19,22-23H,13-18H2,1-2H3,(H,29,36)(H,30,35)(H,31,37)/t22-,23?/m0/s1. The highest BCUT2D eigenvalue weighted by Gasteiger charge is 2.36. The molecule has 39 heavy (non-hydrogen) atoms. The van der Waals surface area contributed by atoms with Crippen molar-refractivity contribution in [3.63, 3.8) is 0 Å². The van der Waals surface area contributed by atoms with Gasteiger partial charge in [0.1, 0.15) is 31.8 Å². The Morgan fingerprint density at radius 3 is 2.03 bits per heavy atom. The minimum Gasteiger partial charge on any atom is -0.445 e. The van der Waals surface area contributed by atoms with E-state index < -0.39 is 36.1 Å². The number of benzene rings is 2. The molecule has 4 amide bonds. The summed E-state index contributed by atoms with van der Waals surface area (Å²) in [5.74, 6) is -1.31. The van der Waals surface area contributed by atoms with Gasteiger partial charge in [0.05, 0.1) is 6.54 Å². The monoisotopic (exact) mass is 538 g/mol. The van der Waals surface area contributed by atoms with E-state index in [1.54, 1.807) is 12.1 Å². The number of Topliss-reactive ketones (excluding diaryl/α,β-unsaturated/α-hetero) is 1. The molecule has 0 radical (unpaired) electrons. The van der Waals surface area contributed by atoms with E-state index in [4.69, 9.17) is 9.47 Å². The van der Waals surface area contributed by atoms with Gasteiger partial charge in [-0.2, -0.15) is 0 Å². The molecule has 0 saturated carbocycles. The zero-order chi connectivity index (χ0) is 28.2. The molecule has 11 heteroatoms. The van der Waals surface area contributed by atoms with Crippen LogP contribution in [0.15, 0.2) is 60.7 Å². The lowest BCUT2D eigenvalue weighted by molar-refractivity contribution is -0.130. The SMILES string of the molecule is CC(C)C[C@H](NC(=O)OCc1ccccc1)C(=O)NC1CN(C(=O)CNC(=O)OCc2ccccc2)CC1=O. The first-order valence-corrected chi connectivity index (χ1v) is 12.7. The van der Waals surface area contributed by atoms with E-state index in [9.17, 15) is 24.0 Å². The third-order valence-corrected chi connectivity index (χ3v) is 5.93. The lowest BCUT2D eigenvalue weighted by Gasteiger charge is -2.22. The van der Waals surface area contributed by atoms with E-state index in [1.807, 2.05) is 62.4 Å². The Balaban J connectivity index is 1.45. The molecule has 0 spiro atoms. The zero-order valence-corrected chi connectivity index (χ0v) is 22.1. The fourth-order valence-electron chi connectivity index (χ4n) is 3.92. The Morgan fingerprint density at radius 2 is 1.46 bits per heavy atom. The van der Waals surface area contributed by atoms with Crippen LogP contribution in [0.3, 0.4) is 0 Å². The predicted molar refractivity (Wildman–Crippen MR) is 141 cm³/mol. The minimum atomic E-state index is -0.928. The van der Waals surface area contributed by atoms with E-state index in [0.717, 1.165) is 11.1 Å². The zero-order valence-electron chi connectivity index (χ0n) is 22.1. The summed E-state index contributed by atoms with van der Waals surface area (Å²) in [4.78, 5) is 63.5. The molecule has 1 heterocycles. The number of rotatable bonds is 11. The molecule has 208 valence electrons. The van der Waals surface area contributed by atoms with Crippen LogP contribution in [-0.2, 0) is 37.1 Å². The fraction of sp³-hybridized carbons (Fsp3) is 0.393. The molecule has 0 aromatic heterocycles. The normalized spacial score (nSPS) is 15.4. The van der Waals surface area contributed by atoms with Gasteiger partial charge in [0.15, 0.2) is 5.78 Å². The van der Waals surface area contributed by atoms with Gasteiger partial charge in [-0.25, -0.2) is 9.59 Å². The van der Waals surface area contributed by atoms with Crippen molar-refractivity contribution in [2.24, 2.45) is 5.92 Å². The largest absolute Gasteiger partial charge is 0.445 e. The molecule has 1 saturated heterocycles.